The van der Waals surface area contributed by atoms with Gasteiger partial charge in [-0.05, 0) is 10.3 Å². The van der Waals surface area contributed by atoms with Gasteiger partial charge in [0.25, 0.3) is 5.69 Å². The quantitative estimate of drug-likeness (QED) is 0.590. The average Bonchev–Trinajstić information content (AvgIpc) is 2.83. The number of nitrogens with zero attached hydrogens (tertiary/aromatic N) is 5. The lowest BCUT2D eigenvalue weighted by Crippen LogP contribution is -2.04. The molecule has 14 heteroatoms. The van der Waals surface area contributed by atoms with Crippen LogP contribution in [0.5, 0.6) is 0 Å². The van der Waals surface area contributed by atoms with Crippen LogP contribution in [-0.2, 0) is 0 Å². The Morgan fingerprint density at radius 2 is 1.55 bits per heavy atom. The first-order chi connectivity index (χ1) is 10.3. The molecule has 0 aliphatic carbocycles. The molecule has 0 radical (unpaired) electrons. The molecule has 2 aromatic rings. The highest BCUT2D eigenvalue weighted by molar-refractivity contribution is 5.82. The molecule has 0 aliphatic heterocycles. The maximum Gasteiger partial charge on any atom is 0.306 e. The first-order valence-corrected chi connectivity index (χ1v) is 5.27. The summed E-state index contributed by atoms with van der Waals surface area (Å²) in [6.45, 7) is 0. The van der Waals surface area contributed by atoms with E-state index in [2.05, 4.69) is 20.3 Å². The molecule has 22 heavy (non-hydrogen) atoms. The van der Waals surface area contributed by atoms with Crippen LogP contribution in [0, 0.1) is 30.3 Å². The lowest BCUT2D eigenvalue weighted by molar-refractivity contribution is -0.401. The number of nitrogen functional groups attached to an aromatic ring is 1. The van der Waals surface area contributed by atoms with Gasteiger partial charge in [0.1, 0.15) is 0 Å². The molecular weight excluding hydrogens is 306 g/mol. The van der Waals surface area contributed by atoms with E-state index in [9.17, 15) is 30.3 Å². The van der Waals surface area contributed by atoms with Crippen molar-refractivity contribution < 1.29 is 19.4 Å². The zero-order chi connectivity index (χ0) is 16.4. The maximum atomic E-state index is 11.0. The van der Waals surface area contributed by atoms with Crippen molar-refractivity contribution in [3.63, 3.8) is 0 Å². The van der Waals surface area contributed by atoms with E-state index in [4.69, 9.17) is 5.73 Å². The summed E-state index contributed by atoms with van der Waals surface area (Å²) in [5, 5.41) is 41.4. The molecule has 114 valence electrons. The molecule has 0 atom stereocenters. The molecule has 0 bridgehead atoms. The second-order valence-corrected chi connectivity index (χ2v) is 3.75. The largest absolute Gasteiger partial charge is 0.378 e. The van der Waals surface area contributed by atoms with Crippen molar-refractivity contribution in [1.82, 2.24) is 10.3 Å². The Kier molecular flexibility index (Phi) is 3.49. The summed E-state index contributed by atoms with van der Waals surface area (Å²) < 4.78 is 4.24. The molecule has 0 amide bonds. The molecule has 14 nitrogen and oxygen atoms in total. The third-order valence-corrected chi connectivity index (χ3v) is 2.44. The highest BCUT2D eigenvalue weighted by Crippen LogP contribution is 2.40. The SMILES string of the molecule is Nc1nonc1Nc1c([N+](=O)[O-])cc([N+](=O)[O-])cc1[N+](=O)[O-]. The Bertz CT molecular complexity index is 750. The number of hydrogen-bond donors (Lipinski definition) is 2. The van der Waals surface area contributed by atoms with Crippen LogP contribution in [0.25, 0.3) is 0 Å². The van der Waals surface area contributed by atoms with Gasteiger partial charge in [0, 0.05) is 0 Å². The van der Waals surface area contributed by atoms with Gasteiger partial charge in [-0.2, -0.15) is 0 Å². The summed E-state index contributed by atoms with van der Waals surface area (Å²) in [4.78, 5) is 29.7. The van der Waals surface area contributed by atoms with E-state index in [1.54, 1.807) is 0 Å². The number of non-ortho nitro benzene ring substituents is 1. The normalized spacial score (nSPS) is 10.2. The zero-order valence-electron chi connectivity index (χ0n) is 10.3. The van der Waals surface area contributed by atoms with E-state index in [1.807, 2.05) is 0 Å². The van der Waals surface area contributed by atoms with Crippen molar-refractivity contribution in [2.24, 2.45) is 0 Å². The van der Waals surface area contributed by atoms with E-state index >= 15 is 0 Å². The third-order valence-electron chi connectivity index (χ3n) is 2.44. The lowest BCUT2D eigenvalue weighted by atomic mass is 10.2. The molecule has 1 aromatic carbocycles. The predicted molar refractivity (Wildman–Crippen MR) is 68.4 cm³/mol. The number of nitrogens with one attached hydrogen (secondary N) is 1. The van der Waals surface area contributed by atoms with Gasteiger partial charge in [0.05, 0.1) is 26.9 Å². The van der Waals surface area contributed by atoms with Crippen LogP contribution in [0.3, 0.4) is 0 Å². The number of anilines is 3. The summed E-state index contributed by atoms with van der Waals surface area (Å²) in [5.41, 5.74) is 2.10. The zero-order valence-corrected chi connectivity index (χ0v) is 10.3. The molecule has 2 rings (SSSR count). The van der Waals surface area contributed by atoms with Gasteiger partial charge in [-0.25, -0.2) is 4.63 Å². The number of rotatable bonds is 5. The summed E-state index contributed by atoms with van der Waals surface area (Å²) in [6.07, 6.45) is 0. The number of nitro groups is 3. The van der Waals surface area contributed by atoms with Crippen molar-refractivity contribution in [3.8, 4) is 0 Å². The Morgan fingerprint density at radius 3 is 1.91 bits per heavy atom. The Hall–Kier alpha value is -3.84. The first-order valence-electron chi connectivity index (χ1n) is 5.27. The van der Waals surface area contributed by atoms with Gasteiger partial charge in [-0.15, -0.1) is 0 Å². The van der Waals surface area contributed by atoms with Crippen molar-refractivity contribution in [2.45, 2.75) is 0 Å². The van der Waals surface area contributed by atoms with Crippen molar-refractivity contribution in [2.75, 3.05) is 11.1 Å². The number of aromatic nitrogens is 2. The third kappa shape index (κ3) is 2.55. The molecule has 1 heterocycles. The molecular formula is C8H5N7O7. The van der Waals surface area contributed by atoms with E-state index in [0.717, 1.165) is 0 Å². The van der Waals surface area contributed by atoms with Crippen molar-refractivity contribution in [3.05, 3.63) is 42.5 Å². The molecule has 0 fully saturated rings. The summed E-state index contributed by atoms with van der Waals surface area (Å²) >= 11 is 0. The minimum Gasteiger partial charge on any atom is -0.378 e. The summed E-state index contributed by atoms with van der Waals surface area (Å²) in [5.74, 6) is -0.609. The Labute approximate surface area is 118 Å². The van der Waals surface area contributed by atoms with E-state index in [1.165, 1.54) is 0 Å². The summed E-state index contributed by atoms with van der Waals surface area (Å²) in [7, 11) is 0. The molecule has 3 N–H and O–H groups in total. The number of nitrogens with two attached hydrogens (primary N) is 1. The van der Waals surface area contributed by atoms with Gasteiger partial charge in [0.15, 0.2) is 5.69 Å². The Balaban J connectivity index is 2.68. The monoisotopic (exact) mass is 311 g/mol. The van der Waals surface area contributed by atoms with Crippen LogP contribution in [0.2, 0.25) is 0 Å². The van der Waals surface area contributed by atoms with Gasteiger partial charge in [-0.1, -0.05) is 0 Å². The second kappa shape index (κ2) is 5.27. The van der Waals surface area contributed by atoms with Gasteiger partial charge in [-0.3, -0.25) is 30.3 Å². The fourth-order valence-corrected chi connectivity index (χ4v) is 1.52. The van der Waals surface area contributed by atoms with Crippen molar-refractivity contribution in [1.29, 1.82) is 0 Å². The number of hydrogen-bond acceptors (Lipinski definition) is 11. The smallest absolute Gasteiger partial charge is 0.306 e. The molecule has 1 aromatic heterocycles. The second-order valence-electron chi connectivity index (χ2n) is 3.75. The number of nitro benzene ring substituents is 3. The fourth-order valence-electron chi connectivity index (χ4n) is 1.52. The van der Waals surface area contributed by atoms with E-state index < -0.39 is 37.5 Å². The summed E-state index contributed by atoms with van der Waals surface area (Å²) in [6, 6.07) is 1.14. The average molecular weight is 311 g/mol. The molecule has 0 unspecified atom stereocenters. The molecule has 0 spiro atoms. The standard InChI is InChI=1S/C8H5N7O7/c9-7-8(12-22-11-7)10-6-4(14(18)19)1-3(13(16)17)2-5(6)15(20)21/h1-2H,(H2,9,11)(H,10,12). The van der Waals surface area contributed by atoms with Gasteiger partial charge < -0.3 is 11.1 Å². The first kappa shape index (κ1) is 14.6. The van der Waals surface area contributed by atoms with Crippen LogP contribution in [0.15, 0.2) is 16.8 Å². The Morgan fingerprint density at radius 1 is 1.00 bits per heavy atom. The predicted octanol–water partition coefficient (Wildman–Crippen LogP) is 1.12. The van der Waals surface area contributed by atoms with Crippen LogP contribution in [0.1, 0.15) is 0 Å². The molecule has 0 saturated heterocycles. The van der Waals surface area contributed by atoms with Crippen LogP contribution in [-0.4, -0.2) is 25.1 Å². The van der Waals surface area contributed by atoms with Gasteiger partial charge in [0.2, 0.25) is 11.6 Å². The van der Waals surface area contributed by atoms with Crippen LogP contribution < -0.4 is 11.1 Å². The highest BCUT2D eigenvalue weighted by Gasteiger charge is 2.31. The van der Waals surface area contributed by atoms with E-state index in [-0.39, 0.29) is 11.6 Å². The van der Waals surface area contributed by atoms with Crippen LogP contribution in [0.4, 0.5) is 34.4 Å². The topological polar surface area (TPSA) is 206 Å². The fraction of sp³-hybridized carbons (Fsp3) is 0. The molecule has 0 aliphatic rings. The lowest BCUT2D eigenvalue weighted by Gasteiger charge is -2.05. The maximum absolute atomic E-state index is 11.0. The highest BCUT2D eigenvalue weighted by atomic mass is 16.6. The van der Waals surface area contributed by atoms with Gasteiger partial charge >= 0.3 is 11.4 Å². The van der Waals surface area contributed by atoms with E-state index in [0.29, 0.717) is 12.1 Å². The molecule has 0 saturated carbocycles. The minimum atomic E-state index is -1.02. The van der Waals surface area contributed by atoms with Crippen molar-refractivity contribution >= 4 is 34.4 Å². The van der Waals surface area contributed by atoms with Crippen LogP contribution >= 0.6 is 0 Å². The number of benzene rings is 1. The minimum absolute atomic E-state index is 0.304.